The zero-order valence-corrected chi connectivity index (χ0v) is 11.0. The molecule has 0 spiro atoms. The van der Waals surface area contributed by atoms with Crippen molar-refractivity contribution in [1.29, 1.82) is 0 Å². The number of hydrogen-bond acceptors (Lipinski definition) is 4. The fraction of sp³-hybridized carbons (Fsp3) is 0.231. The first-order valence-electron chi connectivity index (χ1n) is 5.86. The van der Waals surface area contributed by atoms with Crippen molar-refractivity contribution in [2.75, 3.05) is 17.7 Å². The summed E-state index contributed by atoms with van der Waals surface area (Å²) in [5.41, 5.74) is 12.9. The first-order chi connectivity index (χ1) is 9.00. The smallest absolute Gasteiger partial charge is 0.250 e. The highest BCUT2D eigenvalue weighted by molar-refractivity contribution is 6.01. The number of anilines is 2. The molecule has 4 N–H and O–H groups in total. The van der Waals surface area contributed by atoms with Gasteiger partial charge in [-0.05, 0) is 12.1 Å². The standard InChI is InChI=1S/C13H17N5O/c1-17-7-6-16-11(17)8-18(2)12-9(13(15)19)4-3-5-10(12)14/h3-7H,8,14H2,1-2H3,(H2,15,19). The second kappa shape index (κ2) is 5.01. The van der Waals surface area contributed by atoms with E-state index >= 15 is 0 Å². The average Bonchev–Trinajstić information content (AvgIpc) is 2.74. The summed E-state index contributed by atoms with van der Waals surface area (Å²) in [5.74, 6) is 0.384. The van der Waals surface area contributed by atoms with Crippen molar-refractivity contribution >= 4 is 17.3 Å². The molecule has 1 aromatic heterocycles. The van der Waals surface area contributed by atoms with Gasteiger partial charge in [0.1, 0.15) is 5.82 Å². The number of aryl methyl sites for hydroxylation is 1. The van der Waals surface area contributed by atoms with E-state index in [1.165, 1.54) is 0 Å². The van der Waals surface area contributed by atoms with E-state index in [1.54, 1.807) is 24.4 Å². The molecular weight excluding hydrogens is 242 g/mol. The van der Waals surface area contributed by atoms with E-state index in [-0.39, 0.29) is 0 Å². The molecule has 0 fully saturated rings. The van der Waals surface area contributed by atoms with Gasteiger partial charge in [0.25, 0.3) is 5.91 Å². The van der Waals surface area contributed by atoms with Crippen molar-refractivity contribution in [2.45, 2.75) is 6.54 Å². The van der Waals surface area contributed by atoms with E-state index in [0.717, 1.165) is 5.82 Å². The lowest BCUT2D eigenvalue weighted by molar-refractivity contribution is 0.100. The number of benzene rings is 1. The van der Waals surface area contributed by atoms with Gasteiger partial charge in [-0.1, -0.05) is 6.07 Å². The second-order valence-corrected chi connectivity index (χ2v) is 4.42. The Hall–Kier alpha value is -2.50. The minimum Gasteiger partial charge on any atom is -0.397 e. The molecule has 2 aromatic rings. The summed E-state index contributed by atoms with van der Waals surface area (Å²) < 4.78 is 1.92. The van der Waals surface area contributed by atoms with Crippen LogP contribution in [0.2, 0.25) is 0 Å². The topological polar surface area (TPSA) is 90.2 Å². The van der Waals surface area contributed by atoms with Crippen molar-refractivity contribution in [3.63, 3.8) is 0 Å². The van der Waals surface area contributed by atoms with Gasteiger partial charge in [-0.2, -0.15) is 0 Å². The normalized spacial score (nSPS) is 10.4. The molecule has 0 radical (unpaired) electrons. The number of nitrogen functional groups attached to an aromatic ring is 1. The van der Waals surface area contributed by atoms with E-state index in [0.29, 0.717) is 23.5 Å². The highest BCUT2D eigenvalue weighted by Gasteiger charge is 2.16. The Balaban J connectivity index is 2.36. The van der Waals surface area contributed by atoms with Gasteiger partial charge >= 0.3 is 0 Å². The third-order valence-corrected chi connectivity index (χ3v) is 3.01. The lowest BCUT2D eigenvalue weighted by atomic mass is 10.1. The van der Waals surface area contributed by atoms with Crippen LogP contribution in [-0.2, 0) is 13.6 Å². The summed E-state index contributed by atoms with van der Waals surface area (Å²) >= 11 is 0. The molecule has 6 nitrogen and oxygen atoms in total. The number of amides is 1. The van der Waals surface area contributed by atoms with Gasteiger partial charge in [-0.25, -0.2) is 4.98 Å². The Morgan fingerprint density at radius 2 is 2.21 bits per heavy atom. The van der Waals surface area contributed by atoms with E-state index in [1.807, 2.05) is 29.8 Å². The molecule has 0 bridgehead atoms. The Kier molecular flexibility index (Phi) is 3.41. The van der Waals surface area contributed by atoms with E-state index in [2.05, 4.69) is 4.98 Å². The molecule has 1 amide bonds. The quantitative estimate of drug-likeness (QED) is 0.792. The molecule has 19 heavy (non-hydrogen) atoms. The lowest BCUT2D eigenvalue weighted by Crippen LogP contribution is -2.24. The minimum absolute atomic E-state index is 0.414. The Bertz CT molecular complexity index is 605. The van der Waals surface area contributed by atoms with Crippen LogP contribution >= 0.6 is 0 Å². The fourth-order valence-electron chi connectivity index (χ4n) is 2.03. The molecule has 0 aliphatic carbocycles. The highest BCUT2D eigenvalue weighted by Crippen LogP contribution is 2.27. The average molecular weight is 259 g/mol. The number of carbonyl (C=O) groups is 1. The van der Waals surface area contributed by atoms with Gasteiger partial charge < -0.3 is 20.9 Å². The van der Waals surface area contributed by atoms with Crippen LogP contribution in [0, 0.1) is 0 Å². The maximum Gasteiger partial charge on any atom is 0.250 e. The van der Waals surface area contributed by atoms with Gasteiger partial charge in [0.15, 0.2) is 0 Å². The van der Waals surface area contributed by atoms with Crippen LogP contribution in [-0.4, -0.2) is 22.5 Å². The van der Waals surface area contributed by atoms with Crippen LogP contribution in [0.5, 0.6) is 0 Å². The van der Waals surface area contributed by atoms with Crippen molar-refractivity contribution in [2.24, 2.45) is 12.8 Å². The molecule has 0 saturated carbocycles. The van der Waals surface area contributed by atoms with Crippen LogP contribution in [0.1, 0.15) is 16.2 Å². The molecule has 100 valence electrons. The van der Waals surface area contributed by atoms with Gasteiger partial charge in [-0.3, -0.25) is 4.79 Å². The monoisotopic (exact) mass is 259 g/mol. The summed E-state index contributed by atoms with van der Waals surface area (Å²) in [6.45, 7) is 0.540. The molecule has 6 heteroatoms. The third kappa shape index (κ3) is 2.52. The van der Waals surface area contributed by atoms with Crippen molar-refractivity contribution < 1.29 is 4.79 Å². The van der Waals surface area contributed by atoms with Crippen LogP contribution in [0.4, 0.5) is 11.4 Å². The molecule has 1 heterocycles. The van der Waals surface area contributed by atoms with Crippen LogP contribution < -0.4 is 16.4 Å². The molecule has 0 unspecified atom stereocenters. The summed E-state index contributed by atoms with van der Waals surface area (Å²) in [4.78, 5) is 17.6. The Morgan fingerprint density at radius 3 is 2.79 bits per heavy atom. The predicted octanol–water partition coefficient (Wildman–Crippen LogP) is 0.738. The SMILES string of the molecule is CN(Cc1nccn1C)c1c(N)cccc1C(N)=O. The number of carbonyl (C=O) groups excluding carboxylic acids is 1. The number of imidazole rings is 1. The maximum atomic E-state index is 11.5. The maximum absolute atomic E-state index is 11.5. The number of nitrogens with two attached hydrogens (primary N) is 2. The summed E-state index contributed by atoms with van der Waals surface area (Å²) in [6.07, 6.45) is 3.60. The molecule has 0 atom stereocenters. The van der Waals surface area contributed by atoms with E-state index in [4.69, 9.17) is 11.5 Å². The number of para-hydroxylation sites is 1. The number of hydrogen-bond donors (Lipinski definition) is 2. The molecule has 2 rings (SSSR count). The molecule has 0 saturated heterocycles. The summed E-state index contributed by atoms with van der Waals surface area (Å²) in [6, 6.07) is 5.13. The highest BCUT2D eigenvalue weighted by atomic mass is 16.1. The number of primary amides is 1. The summed E-state index contributed by atoms with van der Waals surface area (Å²) in [7, 11) is 3.77. The Labute approximate surface area is 111 Å². The first kappa shape index (κ1) is 12.9. The summed E-state index contributed by atoms with van der Waals surface area (Å²) in [5, 5.41) is 0. The van der Waals surface area contributed by atoms with Gasteiger partial charge in [0, 0.05) is 26.5 Å². The number of nitrogens with zero attached hydrogens (tertiary/aromatic N) is 3. The second-order valence-electron chi connectivity index (χ2n) is 4.42. The number of rotatable bonds is 4. The van der Waals surface area contributed by atoms with Gasteiger partial charge in [0.2, 0.25) is 0 Å². The Morgan fingerprint density at radius 1 is 1.47 bits per heavy atom. The van der Waals surface area contributed by atoms with Gasteiger partial charge in [0.05, 0.1) is 23.5 Å². The van der Waals surface area contributed by atoms with Gasteiger partial charge in [-0.15, -0.1) is 0 Å². The van der Waals surface area contributed by atoms with Crippen molar-refractivity contribution in [3.05, 3.63) is 42.0 Å². The van der Waals surface area contributed by atoms with E-state index < -0.39 is 5.91 Å². The minimum atomic E-state index is -0.492. The van der Waals surface area contributed by atoms with E-state index in [9.17, 15) is 4.79 Å². The zero-order valence-electron chi connectivity index (χ0n) is 11.0. The first-order valence-corrected chi connectivity index (χ1v) is 5.86. The largest absolute Gasteiger partial charge is 0.397 e. The molecule has 1 aromatic carbocycles. The van der Waals surface area contributed by atoms with Crippen LogP contribution in [0.3, 0.4) is 0 Å². The third-order valence-electron chi connectivity index (χ3n) is 3.01. The number of aromatic nitrogens is 2. The zero-order chi connectivity index (χ0) is 14.0. The lowest BCUT2D eigenvalue weighted by Gasteiger charge is -2.23. The van der Waals surface area contributed by atoms with Crippen LogP contribution in [0.15, 0.2) is 30.6 Å². The van der Waals surface area contributed by atoms with Crippen molar-refractivity contribution in [1.82, 2.24) is 9.55 Å². The van der Waals surface area contributed by atoms with Crippen LogP contribution in [0.25, 0.3) is 0 Å². The van der Waals surface area contributed by atoms with Crippen molar-refractivity contribution in [3.8, 4) is 0 Å². The molecule has 0 aliphatic rings. The molecular formula is C13H17N5O. The predicted molar refractivity (Wildman–Crippen MR) is 74.7 cm³/mol. The fourth-order valence-corrected chi connectivity index (χ4v) is 2.03. The molecule has 0 aliphatic heterocycles.